The summed E-state index contributed by atoms with van der Waals surface area (Å²) in [6.07, 6.45) is 3.53. The summed E-state index contributed by atoms with van der Waals surface area (Å²) in [5.41, 5.74) is 3.16. The molecule has 4 rings (SSSR count). The summed E-state index contributed by atoms with van der Waals surface area (Å²) in [6, 6.07) is 3.96. The van der Waals surface area contributed by atoms with Gasteiger partial charge in [-0.1, -0.05) is 5.16 Å². The maximum absolute atomic E-state index is 5.27. The molecule has 0 aliphatic carbocycles. The minimum Gasteiger partial charge on any atom is -0.361 e. The fourth-order valence-corrected chi connectivity index (χ4v) is 3.26. The lowest BCUT2D eigenvalue weighted by Crippen LogP contribution is -2.46. The lowest BCUT2D eigenvalue weighted by Gasteiger charge is -2.35. The average molecular weight is 353 g/mol. The molecule has 0 amide bonds. The molecular formula is C18H23N7O. The molecule has 4 heterocycles. The van der Waals surface area contributed by atoms with Crippen LogP contribution in [0, 0.1) is 20.8 Å². The number of nitrogens with zero attached hydrogens (tertiary/aromatic N) is 7. The number of hydrogen-bond acceptors (Lipinski definition) is 7. The second-order valence-corrected chi connectivity index (χ2v) is 6.70. The molecule has 3 aromatic rings. The summed E-state index contributed by atoms with van der Waals surface area (Å²) < 4.78 is 7.06. The molecule has 0 atom stereocenters. The van der Waals surface area contributed by atoms with E-state index in [9.17, 15) is 0 Å². The number of rotatable bonds is 4. The minimum absolute atomic E-state index is 0.793. The second-order valence-electron chi connectivity index (χ2n) is 6.70. The lowest BCUT2D eigenvalue weighted by atomic mass is 10.2. The van der Waals surface area contributed by atoms with Crippen molar-refractivity contribution in [2.24, 2.45) is 0 Å². The Balaban J connectivity index is 1.42. The first-order chi connectivity index (χ1) is 12.6. The Kier molecular flexibility index (Phi) is 4.42. The number of anilines is 1. The van der Waals surface area contributed by atoms with Crippen molar-refractivity contribution in [1.29, 1.82) is 0 Å². The molecule has 1 saturated heterocycles. The molecule has 1 aliphatic rings. The highest BCUT2D eigenvalue weighted by atomic mass is 16.5. The van der Waals surface area contributed by atoms with Crippen LogP contribution in [-0.4, -0.2) is 56.0 Å². The molecule has 0 unspecified atom stereocenters. The molecule has 136 valence electrons. The molecule has 8 heteroatoms. The summed E-state index contributed by atoms with van der Waals surface area (Å²) in [5.74, 6) is 2.65. The van der Waals surface area contributed by atoms with Gasteiger partial charge in [0.2, 0.25) is 0 Å². The molecule has 0 radical (unpaired) electrons. The van der Waals surface area contributed by atoms with Gasteiger partial charge in [0.05, 0.1) is 11.4 Å². The van der Waals surface area contributed by atoms with E-state index < -0.39 is 0 Å². The van der Waals surface area contributed by atoms with Gasteiger partial charge in [-0.3, -0.25) is 4.90 Å². The average Bonchev–Trinajstić information content (AvgIpc) is 3.23. The number of aromatic nitrogens is 5. The van der Waals surface area contributed by atoms with E-state index in [1.165, 1.54) is 5.56 Å². The fraction of sp³-hybridized carbons (Fsp3) is 0.444. The van der Waals surface area contributed by atoms with Crippen LogP contribution in [-0.2, 0) is 6.54 Å². The van der Waals surface area contributed by atoms with E-state index in [-0.39, 0.29) is 0 Å². The van der Waals surface area contributed by atoms with Crippen molar-refractivity contribution in [2.45, 2.75) is 27.3 Å². The summed E-state index contributed by atoms with van der Waals surface area (Å²) >= 11 is 0. The minimum atomic E-state index is 0.793. The van der Waals surface area contributed by atoms with Gasteiger partial charge < -0.3 is 9.42 Å². The first kappa shape index (κ1) is 16.7. The fourth-order valence-electron chi connectivity index (χ4n) is 3.26. The summed E-state index contributed by atoms with van der Waals surface area (Å²) in [6.45, 7) is 10.6. The SMILES string of the molecule is Cc1ccn(-c2cc(N3CCN(Cc4c(C)noc4C)CC3)ncn2)n1. The zero-order chi connectivity index (χ0) is 18.1. The van der Waals surface area contributed by atoms with Crippen molar-refractivity contribution < 1.29 is 4.52 Å². The van der Waals surface area contributed by atoms with Crippen molar-refractivity contribution in [3.05, 3.63) is 47.4 Å². The number of piperazine rings is 1. The van der Waals surface area contributed by atoms with Gasteiger partial charge in [-0.2, -0.15) is 5.10 Å². The van der Waals surface area contributed by atoms with Crippen molar-refractivity contribution in [2.75, 3.05) is 31.1 Å². The van der Waals surface area contributed by atoms with Crippen LogP contribution >= 0.6 is 0 Å². The summed E-state index contributed by atoms with van der Waals surface area (Å²) in [5, 5.41) is 8.47. The third-order valence-corrected chi connectivity index (χ3v) is 4.85. The Hall–Kier alpha value is -2.74. The van der Waals surface area contributed by atoms with E-state index in [1.54, 1.807) is 11.0 Å². The molecule has 0 spiro atoms. The number of aryl methyl sites for hydroxylation is 3. The van der Waals surface area contributed by atoms with Crippen LogP contribution in [0.25, 0.3) is 5.82 Å². The summed E-state index contributed by atoms with van der Waals surface area (Å²) in [4.78, 5) is 13.5. The smallest absolute Gasteiger partial charge is 0.158 e. The molecule has 0 saturated carbocycles. The molecule has 0 N–H and O–H groups in total. The first-order valence-electron chi connectivity index (χ1n) is 8.84. The Labute approximate surface area is 152 Å². The molecule has 0 aromatic carbocycles. The van der Waals surface area contributed by atoms with Gasteiger partial charge in [0.25, 0.3) is 0 Å². The van der Waals surface area contributed by atoms with Crippen LogP contribution in [0.1, 0.15) is 22.7 Å². The van der Waals surface area contributed by atoms with E-state index in [1.807, 2.05) is 39.1 Å². The van der Waals surface area contributed by atoms with Gasteiger partial charge in [-0.25, -0.2) is 14.6 Å². The Morgan fingerprint density at radius 2 is 1.81 bits per heavy atom. The molecule has 1 aliphatic heterocycles. The van der Waals surface area contributed by atoms with Crippen LogP contribution in [0.5, 0.6) is 0 Å². The normalized spacial score (nSPS) is 15.6. The van der Waals surface area contributed by atoms with Gasteiger partial charge in [-0.15, -0.1) is 0 Å². The Morgan fingerprint density at radius 1 is 1.04 bits per heavy atom. The zero-order valence-corrected chi connectivity index (χ0v) is 15.4. The van der Waals surface area contributed by atoms with E-state index in [2.05, 4.69) is 30.0 Å². The van der Waals surface area contributed by atoms with E-state index in [0.717, 1.165) is 61.5 Å². The molecule has 0 bridgehead atoms. The van der Waals surface area contributed by atoms with E-state index >= 15 is 0 Å². The Bertz CT molecular complexity index is 873. The molecule has 26 heavy (non-hydrogen) atoms. The van der Waals surface area contributed by atoms with Crippen molar-refractivity contribution in [3.63, 3.8) is 0 Å². The first-order valence-corrected chi connectivity index (χ1v) is 8.84. The van der Waals surface area contributed by atoms with Crippen LogP contribution in [0.2, 0.25) is 0 Å². The number of hydrogen-bond donors (Lipinski definition) is 0. The van der Waals surface area contributed by atoms with Crippen LogP contribution in [0.4, 0.5) is 5.82 Å². The maximum Gasteiger partial charge on any atom is 0.158 e. The Morgan fingerprint density at radius 3 is 2.46 bits per heavy atom. The van der Waals surface area contributed by atoms with Crippen molar-refractivity contribution >= 4 is 5.82 Å². The predicted octanol–water partition coefficient (Wildman–Crippen LogP) is 1.90. The molecule has 8 nitrogen and oxygen atoms in total. The van der Waals surface area contributed by atoms with Gasteiger partial charge >= 0.3 is 0 Å². The molecule has 3 aromatic heterocycles. The quantitative estimate of drug-likeness (QED) is 0.709. The third-order valence-electron chi connectivity index (χ3n) is 4.85. The maximum atomic E-state index is 5.27. The summed E-state index contributed by atoms with van der Waals surface area (Å²) in [7, 11) is 0. The molecule has 1 fully saturated rings. The highest BCUT2D eigenvalue weighted by Crippen LogP contribution is 2.19. The van der Waals surface area contributed by atoms with Crippen LogP contribution in [0.3, 0.4) is 0 Å². The van der Waals surface area contributed by atoms with Gasteiger partial charge in [0.15, 0.2) is 5.82 Å². The van der Waals surface area contributed by atoms with Gasteiger partial charge in [-0.05, 0) is 26.8 Å². The molecular weight excluding hydrogens is 330 g/mol. The topological polar surface area (TPSA) is 76.1 Å². The third kappa shape index (κ3) is 3.32. The van der Waals surface area contributed by atoms with E-state index in [4.69, 9.17) is 4.52 Å². The standard InChI is InChI=1S/C18H23N7O/c1-13-4-5-25(21-13)18-10-17(19-12-20-18)24-8-6-23(7-9-24)11-16-14(2)22-26-15(16)3/h4-5,10,12H,6-9,11H2,1-3H3. The van der Waals surface area contributed by atoms with Gasteiger partial charge in [0, 0.05) is 50.6 Å². The monoisotopic (exact) mass is 353 g/mol. The second kappa shape index (κ2) is 6.87. The van der Waals surface area contributed by atoms with Crippen LogP contribution in [0.15, 0.2) is 29.2 Å². The van der Waals surface area contributed by atoms with Crippen LogP contribution < -0.4 is 4.90 Å². The largest absolute Gasteiger partial charge is 0.361 e. The van der Waals surface area contributed by atoms with Crippen molar-refractivity contribution in [1.82, 2.24) is 29.8 Å². The van der Waals surface area contributed by atoms with E-state index in [0.29, 0.717) is 0 Å². The highest BCUT2D eigenvalue weighted by Gasteiger charge is 2.21. The zero-order valence-electron chi connectivity index (χ0n) is 15.4. The highest BCUT2D eigenvalue weighted by molar-refractivity contribution is 5.43. The predicted molar refractivity (Wildman–Crippen MR) is 97.4 cm³/mol. The lowest BCUT2D eigenvalue weighted by molar-refractivity contribution is 0.247. The van der Waals surface area contributed by atoms with Gasteiger partial charge in [0.1, 0.15) is 17.9 Å². The van der Waals surface area contributed by atoms with Crippen molar-refractivity contribution in [3.8, 4) is 5.82 Å².